The SMILES string of the molecule is CCCC(C[C@H]1CCC2=C1[C@@H](C)c1cnn(-c3ccc(F)cc3)c1C2)NC(=O)Cc1c[nH]c2ccc(O)cc12. The van der Waals surface area contributed by atoms with Gasteiger partial charge in [-0.3, -0.25) is 4.79 Å². The normalized spacial score (nSPS) is 19.3. The van der Waals surface area contributed by atoms with Crippen molar-refractivity contribution >= 4 is 16.8 Å². The summed E-state index contributed by atoms with van der Waals surface area (Å²) < 4.78 is 15.4. The van der Waals surface area contributed by atoms with Crippen molar-refractivity contribution in [1.29, 1.82) is 0 Å². The summed E-state index contributed by atoms with van der Waals surface area (Å²) in [6.45, 7) is 4.45. The van der Waals surface area contributed by atoms with E-state index in [2.05, 4.69) is 29.2 Å². The Balaban J connectivity index is 1.16. The van der Waals surface area contributed by atoms with Crippen molar-refractivity contribution in [3.05, 3.63) is 88.6 Å². The molecule has 6 nitrogen and oxygen atoms in total. The van der Waals surface area contributed by atoms with E-state index in [1.807, 2.05) is 23.1 Å². The Bertz CT molecular complexity index is 1550. The second-order valence-electron chi connectivity index (χ2n) is 11.1. The second-order valence-corrected chi connectivity index (χ2v) is 11.1. The summed E-state index contributed by atoms with van der Waals surface area (Å²) in [5.74, 6) is 0.697. The van der Waals surface area contributed by atoms with Crippen LogP contribution in [0.1, 0.15) is 68.7 Å². The largest absolute Gasteiger partial charge is 0.508 e. The van der Waals surface area contributed by atoms with Gasteiger partial charge in [0.05, 0.1) is 24.0 Å². The Hall–Kier alpha value is -3.87. The number of hydrogen-bond acceptors (Lipinski definition) is 3. The molecule has 3 atom stereocenters. The molecule has 3 N–H and O–H groups in total. The van der Waals surface area contributed by atoms with E-state index in [0.29, 0.717) is 5.92 Å². The molecule has 0 saturated carbocycles. The molecule has 2 aromatic heterocycles. The summed E-state index contributed by atoms with van der Waals surface area (Å²) in [5, 5.41) is 18.8. The molecule has 0 bridgehead atoms. The van der Waals surface area contributed by atoms with Crippen LogP contribution in [0.5, 0.6) is 5.75 Å². The number of nitrogens with zero attached hydrogens (tertiary/aromatic N) is 2. The van der Waals surface area contributed by atoms with Crippen LogP contribution in [0.3, 0.4) is 0 Å². The van der Waals surface area contributed by atoms with Gasteiger partial charge in [0.15, 0.2) is 0 Å². The minimum absolute atomic E-state index is 0.0180. The van der Waals surface area contributed by atoms with Gasteiger partial charge in [0, 0.05) is 41.0 Å². The number of aromatic hydroxyl groups is 1. The van der Waals surface area contributed by atoms with Gasteiger partial charge in [-0.1, -0.05) is 31.4 Å². The van der Waals surface area contributed by atoms with E-state index in [0.717, 1.165) is 60.7 Å². The van der Waals surface area contributed by atoms with Crippen molar-refractivity contribution in [2.45, 2.75) is 70.8 Å². The number of benzene rings is 2. The van der Waals surface area contributed by atoms with E-state index in [9.17, 15) is 14.3 Å². The van der Waals surface area contributed by atoms with E-state index in [1.165, 1.54) is 34.5 Å². The molecule has 0 radical (unpaired) electrons. The van der Waals surface area contributed by atoms with Gasteiger partial charge in [0.1, 0.15) is 11.6 Å². The van der Waals surface area contributed by atoms with Crippen LogP contribution in [-0.2, 0) is 17.6 Å². The van der Waals surface area contributed by atoms with Crippen LogP contribution in [0.25, 0.3) is 16.6 Å². The number of aromatic amines is 1. The number of nitrogens with one attached hydrogen (secondary N) is 2. The Morgan fingerprint density at radius 2 is 2.08 bits per heavy atom. The average Bonchev–Trinajstić information content (AvgIpc) is 3.63. The number of phenolic OH excluding ortho intramolecular Hbond substituents is 1. The molecule has 0 saturated heterocycles. The van der Waals surface area contributed by atoms with Crippen molar-refractivity contribution in [3.63, 3.8) is 0 Å². The third-order valence-electron chi connectivity index (χ3n) is 8.60. The first-order valence-electron chi connectivity index (χ1n) is 14.0. The fourth-order valence-electron chi connectivity index (χ4n) is 6.84. The third-order valence-corrected chi connectivity index (χ3v) is 8.60. The maximum absolute atomic E-state index is 13.5. The Morgan fingerprint density at radius 1 is 1.26 bits per heavy atom. The van der Waals surface area contributed by atoms with Crippen LogP contribution in [-0.4, -0.2) is 31.8 Å². The van der Waals surface area contributed by atoms with Gasteiger partial charge >= 0.3 is 0 Å². The molecule has 2 aliphatic carbocycles. The summed E-state index contributed by atoms with van der Waals surface area (Å²) in [6, 6.07) is 11.8. The molecule has 1 unspecified atom stereocenters. The predicted molar refractivity (Wildman–Crippen MR) is 151 cm³/mol. The van der Waals surface area contributed by atoms with E-state index >= 15 is 0 Å². The molecule has 2 aromatic carbocycles. The summed E-state index contributed by atoms with van der Waals surface area (Å²) >= 11 is 0. The fraction of sp³-hybridized carbons (Fsp3) is 0.375. The van der Waals surface area contributed by atoms with Crippen LogP contribution >= 0.6 is 0 Å². The molecule has 2 heterocycles. The standard InChI is InChI=1S/C32H35FN4O2/c1-3-4-24(36-31(39)15-22-17-34-29-12-11-26(38)16-27(22)29)13-20-5-6-21-14-30-28(19(2)32(20)21)18-35-37(30)25-9-7-23(33)8-10-25/h7-12,16-20,24,34,38H,3-6,13-15H2,1-2H3,(H,36,39)/t19-,20+,24?/m0/s1. The smallest absolute Gasteiger partial charge is 0.224 e. The molecular formula is C32H35FN4O2. The zero-order chi connectivity index (χ0) is 27.1. The topological polar surface area (TPSA) is 82.9 Å². The maximum Gasteiger partial charge on any atom is 0.224 e. The Morgan fingerprint density at radius 3 is 2.87 bits per heavy atom. The van der Waals surface area contributed by atoms with Crippen LogP contribution < -0.4 is 5.32 Å². The number of phenols is 1. The number of amides is 1. The molecule has 6 rings (SSSR count). The van der Waals surface area contributed by atoms with Gasteiger partial charge in [0.2, 0.25) is 5.91 Å². The lowest BCUT2D eigenvalue weighted by Gasteiger charge is -2.29. The van der Waals surface area contributed by atoms with Crippen LogP contribution in [0.2, 0.25) is 0 Å². The highest BCUT2D eigenvalue weighted by Gasteiger charge is 2.37. The van der Waals surface area contributed by atoms with Crippen molar-refractivity contribution in [3.8, 4) is 11.4 Å². The lowest BCUT2D eigenvalue weighted by molar-refractivity contribution is -0.121. The van der Waals surface area contributed by atoms with Gasteiger partial charge in [-0.25, -0.2) is 9.07 Å². The number of aromatic nitrogens is 3. The van der Waals surface area contributed by atoms with Crippen molar-refractivity contribution in [1.82, 2.24) is 20.1 Å². The highest BCUT2D eigenvalue weighted by atomic mass is 19.1. The van der Waals surface area contributed by atoms with Crippen molar-refractivity contribution in [2.24, 2.45) is 5.92 Å². The zero-order valence-electron chi connectivity index (χ0n) is 22.5. The van der Waals surface area contributed by atoms with Crippen LogP contribution in [0.15, 0.2) is 66.0 Å². The Labute approximate surface area is 227 Å². The van der Waals surface area contributed by atoms with E-state index in [4.69, 9.17) is 0 Å². The molecule has 39 heavy (non-hydrogen) atoms. The van der Waals surface area contributed by atoms with Crippen molar-refractivity contribution < 1.29 is 14.3 Å². The maximum atomic E-state index is 13.5. The number of carbonyl (C=O) groups is 1. The molecule has 202 valence electrons. The molecule has 4 aromatic rings. The predicted octanol–water partition coefficient (Wildman–Crippen LogP) is 6.48. The number of fused-ring (bicyclic) bond motifs is 2. The minimum Gasteiger partial charge on any atom is -0.508 e. The number of H-pyrrole nitrogens is 1. The molecule has 7 heteroatoms. The highest BCUT2D eigenvalue weighted by Crippen LogP contribution is 2.48. The summed E-state index contributed by atoms with van der Waals surface area (Å²) in [7, 11) is 0. The summed E-state index contributed by atoms with van der Waals surface area (Å²) in [6.07, 6.45) is 10.1. The number of carbonyl (C=O) groups excluding carboxylic acids is 1. The number of hydrogen-bond donors (Lipinski definition) is 3. The zero-order valence-corrected chi connectivity index (χ0v) is 22.5. The second kappa shape index (κ2) is 10.4. The first-order chi connectivity index (χ1) is 18.9. The molecule has 0 spiro atoms. The van der Waals surface area contributed by atoms with E-state index < -0.39 is 0 Å². The van der Waals surface area contributed by atoms with Gasteiger partial charge in [-0.15, -0.1) is 0 Å². The lowest BCUT2D eigenvalue weighted by atomic mass is 9.78. The first-order valence-corrected chi connectivity index (χ1v) is 14.0. The van der Waals surface area contributed by atoms with Gasteiger partial charge < -0.3 is 15.4 Å². The average molecular weight is 527 g/mol. The number of allylic oxidation sites excluding steroid dienone is 2. The minimum atomic E-state index is -0.244. The number of rotatable bonds is 8. The summed E-state index contributed by atoms with van der Waals surface area (Å²) in [5.41, 5.74) is 8.19. The lowest BCUT2D eigenvalue weighted by Crippen LogP contribution is -2.37. The van der Waals surface area contributed by atoms with Gasteiger partial charge in [-0.2, -0.15) is 5.10 Å². The molecule has 2 aliphatic rings. The van der Waals surface area contributed by atoms with Gasteiger partial charge in [-0.05, 0) is 79.6 Å². The van der Waals surface area contributed by atoms with E-state index in [1.54, 1.807) is 24.3 Å². The highest BCUT2D eigenvalue weighted by molar-refractivity contribution is 5.89. The Kier molecular flexibility index (Phi) is 6.75. The van der Waals surface area contributed by atoms with Crippen LogP contribution in [0, 0.1) is 11.7 Å². The summed E-state index contributed by atoms with van der Waals surface area (Å²) in [4.78, 5) is 16.3. The first kappa shape index (κ1) is 25.4. The molecular weight excluding hydrogens is 491 g/mol. The fourth-order valence-corrected chi connectivity index (χ4v) is 6.84. The third kappa shape index (κ3) is 4.86. The van der Waals surface area contributed by atoms with Crippen LogP contribution in [0.4, 0.5) is 4.39 Å². The molecule has 0 aliphatic heterocycles. The molecule has 1 amide bonds. The van der Waals surface area contributed by atoms with Gasteiger partial charge in [0.25, 0.3) is 0 Å². The monoisotopic (exact) mass is 526 g/mol. The quantitative estimate of drug-likeness (QED) is 0.230. The number of halogens is 1. The molecule has 0 fully saturated rings. The van der Waals surface area contributed by atoms with Crippen molar-refractivity contribution in [2.75, 3.05) is 0 Å². The van der Waals surface area contributed by atoms with E-state index in [-0.39, 0.29) is 35.9 Å².